The van der Waals surface area contributed by atoms with Crippen molar-refractivity contribution in [1.82, 2.24) is 0 Å². The van der Waals surface area contributed by atoms with Gasteiger partial charge in [0, 0.05) is 21.9 Å². The Morgan fingerprint density at radius 1 is 0.952 bits per heavy atom. The molecule has 0 bridgehead atoms. The highest BCUT2D eigenvalue weighted by molar-refractivity contribution is 8.00. The monoisotopic (exact) mass is 303 g/mol. The zero-order valence-corrected chi connectivity index (χ0v) is 14.1. The van der Waals surface area contributed by atoms with Crippen LogP contribution in [0.2, 0.25) is 0 Å². The summed E-state index contributed by atoms with van der Waals surface area (Å²) in [6, 6.07) is 9.90. The molecule has 1 aromatic carbocycles. The van der Waals surface area contributed by atoms with Gasteiger partial charge in [-0.3, -0.25) is 0 Å². The van der Waals surface area contributed by atoms with Crippen LogP contribution < -0.4 is 5.32 Å². The molecule has 3 rings (SSSR count). The second kappa shape index (κ2) is 7.58. The number of hydrogen-bond donors (Lipinski definition) is 1. The van der Waals surface area contributed by atoms with Crippen LogP contribution in [0.1, 0.15) is 64.7 Å². The smallest absolute Gasteiger partial charge is 0.0343 e. The number of anilines is 1. The topological polar surface area (TPSA) is 12.0 Å². The van der Waals surface area contributed by atoms with Crippen molar-refractivity contribution in [2.24, 2.45) is 5.92 Å². The Kier molecular flexibility index (Phi) is 5.51. The average Bonchev–Trinajstić information content (AvgIpc) is 3.03. The molecule has 0 spiro atoms. The second-order valence-electron chi connectivity index (χ2n) is 6.75. The van der Waals surface area contributed by atoms with E-state index in [1.807, 2.05) is 0 Å². The standard InChI is InChI=1S/C19H29NS/c1-2-15-7-3-6-10-19(15)20-16-11-13-18(14-12-16)21-17-8-4-5-9-17/h11-15,17,19-20H,2-10H2,1H3. The van der Waals surface area contributed by atoms with Crippen LogP contribution in [0, 0.1) is 5.92 Å². The van der Waals surface area contributed by atoms with Gasteiger partial charge in [0.2, 0.25) is 0 Å². The van der Waals surface area contributed by atoms with Crippen LogP contribution >= 0.6 is 11.8 Å². The van der Waals surface area contributed by atoms with Gasteiger partial charge in [-0.05, 0) is 55.9 Å². The summed E-state index contributed by atoms with van der Waals surface area (Å²) in [6.07, 6.45) is 12.6. The van der Waals surface area contributed by atoms with Gasteiger partial charge in [0.05, 0.1) is 0 Å². The number of benzene rings is 1. The molecule has 0 heterocycles. The second-order valence-corrected chi connectivity index (χ2v) is 8.13. The molecule has 2 saturated carbocycles. The van der Waals surface area contributed by atoms with Crippen LogP contribution in [-0.4, -0.2) is 11.3 Å². The lowest BCUT2D eigenvalue weighted by molar-refractivity contribution is 0.317. The van der Waals surface area contributed by atoms with E-state index in [4.69, 9.17) is 0 Å². The Balaban J connectivity index is 1.55. The highest BCUT2D eigenvalue weighted by atomic mass is 32.2. The van der Waals surface area contributed by atoms with Crippen molar-refractivity contribution in [1.29, 1.82) is 0 Å². The van der Waals surface area contributed by atoms with Gasteiger partial charge in [-0.15, -0.1) is 11.8 Å². The summed E-state index contributed by atoms with van der Waals surface area (Å²) in [4.78, 5) is 1.45. The van der Waals surface area contributed by atoms with Crippen LogP contribution in [-0.2, 0) is 0 Å². The third-order valence-corrected chi connectivity index (χ3v) is 6.59. The van der Waals surface area contributed by atoms with Crippen LogP contribution in [0.25, 0.3) is 0 Å². The van der Waals surface area contributed by atoms with Crippen molar-refractivity contribution in [3.8, 4) is 0 Å². The quantitative estimate of drug-likeness (QED) is 0.705. The molecule has 1 nitrogen and oxygen atoms in total. The Morgan fingerprint density at radius 2 is 1.62 bits per heavy atom. The predicted octanol–water partition coefficient (Wildman–Crippen LogP) is 6.10. The van der Waals surface area contributed by atoms with Gasteiger partial charge < -0.3 is 5.32 Å². The van der Waals surface area contributed by atoms with E-state index in [0.717, 1.165) is 11.2 Å². The number of rotatable bonds is 5. The van der Waals surface area contributed by atoms with E-state index in [0.29, 0.717) is 6.04 Å². The lowest BCUT2D eigenvalue weighted by Crippen LogP contribution is -2.31. The summed E-state index contributed by atoms with van der Waals surface area (Å²) in [6.45, 7) is 2.34. The lowest BCUT2D eigenvalue weighted by atomic mass is 9.83. The van der Waals surface area contributed by atoms with Crippen molar-refractivity contribution in [3.05, 3.63) is 24.3 Å². The fourth-order valence-corrected chi connectivity index (χ4v) is 5.18. The van der Waals surface area contributed by atoms with Crippen LogP contribution in [0.4, 0.5) is 5.69 Å². The molecule has 1 aromatic rings. The van der Waals surface area contributed by atoms with Crippen molar-refractivity contribution in [3.63, 3.8) is 0 Å². The van der Waals surface area contributed by atoms with Gasteiger partial charge >= 0.3 is 0 Å². The zero-order chi connectivity index (χ0) is 14.5. The van der Waals surface area contributed by atoms with Crippen LogP contribution in [0.15, 0.2) is 29.2 Å². The van der Waals surface area contributed by atoms with Crippen molar-refractivity contribution < 1.29 is 0 Å². The van der Waals surface area contributed by atoms with Gasteiger partial charge in [-0.2, -0.15) is 0 Å². The summed E-state index contributed by atoms with van der Waals surface area (Å²) in [5.74, 6) is 0.867. The molecule has 0 radical (unpaired) electrons. The molecule has 1 N–H and O–H groups in total. The van der Waals surface area contributed by atoms with E-state index >= 15 is 0 Å². The van der Waals surface area contributed by atoms with E-state index < -0.39 is 0 Å². The third-order valence-electron chi connectivity index (χ3n) is 5.24. The molecule has 2 unspecified atom stereocenters. The molecule has 2 heteroatoms. The third kappa shape index (κ3) is 4.18. The highest BCUT2D eigenvalue weighted by Crippen LogP contribution is 2.35. The van der Waals surface area contributed by atoms with Gasteiger partial charge in [-0.1, -0.05) is 39.0 Å². The summed E-state index contributed by atoms with van der Waals surface area (Å²) in [7, 11) is 0. The molecular weight excluding hydrogens is 274 g/mol. The SMILES string of the molecule is CCC1CCCCC1Nc1ccc(SC2CCCC2)cc1. The molecule has 0 saturated heterocycles. The number of thioether (sulfide) groups is 1. The first-order chi connectivity index (χ1) is 10.3. The van der Waals surface area contributed by atoms with Crippen LogP contribution in [0.3, 0.4) is 0 Å². The molecule has 2 fully saturated rings. The maximum atomic E-state index is 3.79. The van der Waals surface area contributed by atoms with Crippen LogP contribution in [0.5, 0.6) is 0 Å². The van der Waals surface area contributed by atoms with Gasteiger partial charge in [-0.25, -0.2) is 0 Å². The highest BCUT2D eigenvalue weighted by Gasteiger charge is 2.23. The molecule has 0 aromatic heterocycles. The number of nitrogens with one attached hydrogen (secondary N) is 1. The van der Waals surface area contributed by atoms with Gasteiger partial charge in [0.25, 0.3) is 0 Å². The fourth-order valence-electron chi connectivity index (χ4n) is 3.93. The molecular formula is C19H29NS. The summed E-state index contributed by atoms with van der Waals surface area (Å²) in [5.41, 5.74) is 1.32. The molecule has 0 aliphatic heterocycles. The minimum atomic E-state index is 0.692. The average molecular weight is 304 g/mol. The summed E-state index contributed by atoms with van der Waals surface area (Å²) in [5, 5.41) is 4.66. The Bertz CT molecular complexity index is 422. The molecule has 21 heavy (non-hydrogen) atoms. The summed E-state index contributed by atoms with van der Waals surface area (Å²) < 4.78 is 0. The van der Waals surface area contributed by atoms with E-state index in [9.17, 15) is 0 Å². The Morgan fingerprint density at radius 3 is 2.33 bits per heavy atom. The van der Waals surface area contributed by atoms with Crippen molar-refractivity contribution in [2.75, 3.05) is 5.32 Å². The molecule has 2 aliphatic carbocycles. The van der Waals surface area contributed by atoms with E-state index in [1.165, 1.54) is 68.4 Å². The predicted molar refractivity (Wildman–Crippen MR) is 94.2 cm³/mol. The van der Waals surface area contributed by atoms with E-state index in [-0.39, 0.29) is 0 Å². The van der Waals surface area contributed by atoms with E-state index in [2.05, 4.69) is 48.3 Å². The first kappa shape index (κ1) is 15.3. The van der Waals surface area contributed by atoms with E-state index in [1.54, 1.807) is 0 Å². The zero-order valence-electron chi connectivity index (χ0n) is 13.3. The maximum absolute atomic E-state index is 3.79. The van der Waals surface area contributed by atoms with Gasteiger partial charge in [0.1, 0.15) is 0 Å². The minimum Gasteiger partial charge on any atom is -0.382 e. The summed E-state index contributed by atoms with van der Waals surface area (Å²) >= 11 is 2.08. The largest absolute Gasteiger partial charge is 0.382 e. The fraction of sp³-hybridized carbons (Fsp3) is 0.684. The lowest BCUT2D eigenvalue weighted by Gasteiger charge is -2.32. The molecule has 116 valence electrons. The first-order valence-electron chi connectivity index (χ1n) is 8.88. The normalized spacial score (nSPS) is 26.9. The first-order valence-corrected chi connectivity index (χ1v) is 9.76. The minimum absolute atomic E-state index is 0.692. The molecule has 0 amide bonds. The number of hydrogen-bond acceptors (Lipinski definition) is 2. The molecule has 2 aliphatic rings. The Labute approximate surface area is 134 Å². The Hall–Kier alpha value is -0.630. The van der Waals surface area contributed by atoms with Gasteiger partial charge in [0.15, 0.2) is 0 Å². The molecule has 2 atom stereocenters. The van der Waals surface area contributed by atoms with Crippen molar-refractivity contribution in [2.45, 2.75) is 80.9 Å². The van der Waals surface area contributed by atoms with Crippen molar-refractivity contribution >= 4 is 17.4 Å². The maximum Gasteiger partial charge on any atom is 0.0343 e.